The molecule has 5 rings (SSSR count). The maximum absolute atomic E-state index is 7.42. The van der Waals surface area contributed by atoms with Crippen molar-refractivity contribution in [3.05, 3.63) is 114 Å². The Kier molecular flexibility index (Phi) is 7.94. The fraction of sp³-hybridized carbons (Fsp3) is 0.394. The Hall–Kier alpha value is -3.00. The quantitative estimate of drug-likeness (QED) is 0.254. The first-order chi connectivity index (χ1) is 18.7. The van der Waals surface area contributed by atoms with Crippen molar-refractivity contribution in [2.75, 3.05) is 25.6 Å². The normalized spacial score (nSPS) is 26.1. The monoisotopic (exact) mass is 529 g/mol. The van der Waals surface area contributed by atoms with Crippen molar-refractivity contribution >= 4 is 5.69 Å². The molecule has 2 heterocycles. The van der Waals surface area contributed by atoms with Gasteiger partial charge in [-0.3, -0.25) is 0 Å². The van der Waals surface area contributed by atoms with Crippen molar-refractivity contribution < 1.29 is 23.7 Å². The fourth-order valence-corrected chi connectivity index (χ4v) is 5.63. The highest BCUT2D eigenvalue weighted by molar-refractivity contribution is 5.55. The molecule has 6 heteroatoms. The standard InChI is InChI=1S/C33H39NO5/c1-7-21-35-31-30-29(37-32(3,4)38-30)28(23(2)36-31)39-33(24-15-10-8-11-16-24,25-17-12-9-13-18-25)26-19-14-20-27(22-26)34(5)6/h7-20,22-23,28-31H,1,21H2,2-6H3/t23-,28-,29+,30+,31+/m0/s1. The molecule has 2 saturated heterocycles. The second-order valence-electron chi connectivity index (χ2n) is 10.8. The maximum Gasteiger partial charge on any atom is 0.187 e. The van der Waals surface area contributed by atoms with Crippen molar-refractivity contribution in [3.63, 3.8) is 0 Å². The third kappa shape index (κ3) is 5.40. The smallest absolute Gasteiger partial charge is 0.187 e. The Bertz CT molecular complexity index is 1210. The van der Waals surface area contributed by atoms with Gasteiger partial charge in [0.1, 0.15) is 23.9 Å². The SMILES string of the molecule is C=CCO[C@@H]1O[C@@H](C)[C@H](OC(c2ccccc2)(c2ccccc2)c2cccc(N(C)C)c2)[C@H]2OC(C)(C)O[C@@H]12. The maximum atomic E-state index is 7.42. The van der Waals surface area contributed by atoms with E-state index >= 15 is 0 Å². The minimum absolute atomic E-state index is 0.345. The highest BCUT2D eigenvalue weighted by Crippen LogP contribution is 2.47. The van der Waals surface area contributed by atoms with Crippen molar-refractivity contribution in [3.8, 4) is 0 Å². The van der Waals surface area contributed by atoms with Crippen LogP contribution in [0.25, 0.3) is 0 Å². The van der Waals surface area contributed by atoms with Crippen molar-refractivity contribution in [2.24, 2.45) is 0 Å². The van der Waals surface area contributed by atoms with Crippen LogP contribution >= 0.6 is 0 Å². The number of ether oxygens (including phenoxy) is 5. The zero-order valence-electron chi connectivity index (χ0n) is 23.4. The van der Waals surface area contributed by atoms with Crippen LogP contribution in [0.3, 0.4) is 0 Å². The summed E-state index contributed by atoms with van der Waals surface area (Å²) in [6.45, 7) is 9.98. The molecule has 6 nitrogen and oxygen atoms in total. The Balaban J connectivity index is 1.67. The van der Waals surface area contributed by atoms with E-state index in [2.05, 4.69) is 60.0 Å². The van der Waals surface area contributed by atoms with Gasteiger partial charge in [0.05, 0.1) is 12.7 Å². The van der Waals surface area contributed by atoms with E-state index in [1.54, 1.807) is 6.08 Å². The predicted octanol–water partition coefficient (Wildman–Crippen LogP) is 5.90. The van der Waals surface area contributed by atoms with E-state index in [1.165, 1.54) is 0 Å². The van der Waals surface area contributed by atoms with Crippen molar-refractivity contribution in [1.29, 1.82) is 0 Å². The zero-order chi connectivity index (χ0) is 27.6. The summed E-state index contributed by atoms with van der Waals surface area (Å²) in [5.74, 6) is -0.812. The molecule has 206 valence electrons. The van der Waals surface area contributed by atoms with E-state index in [-0.39, 0.29) is 6.10 Å². The van der Waals surface area contributed by atoms with E-state index in [1.807, 2.05) is 71.3 Å². The van der Waals surface area contributed by atoms with Crippen LogP contribution in [-0.2, 0) is 29.3 Å². The summed E-state index contributed by atoms with van der Waals surface area (Å²) >= 11 is 0. The van der Waals surface area contributed by atoms with Gasteiger partial charge in [-0.05, 0) is 49.6 Å². The third-order valence-electron chi connectivity index (χ3n) is 7.39. The summed E-state index contributed by atoms with van der Waals surface area (Å²) in [7, 11) is 4.09. The van der Waals surface area contributed by atoms with Crippen LogP contribution in [0.4, 0.5) is 5.69 Å². The molecular weight excluding hydrogens is 490 g/mol. The minimum Gasteiger partial charge on any atom is -0.378 e. The highest BCUT2D eigenvalue weighted by atomic mass is 16.8. The highest BCUT2D eigenvalue weighted by Gasteiger charge is 2.57. The molecule has 0 unspecified atom stereocenters. The van der Waals surface area contributed by atoms with Gasteiger partial charge in [-0.1, -0.05) is 78.9 Å². The van der Waals surface area contributed by atoms with E-state index in [0.29, 0.717) is 6.61 Å². The van der Waals surface area contributed by atoms with Gasteiger partial charge in [0.2, 0.25) is 0 Å². The number of benzene rings is 3. The van der Waals surface area contributed by atoms with Crippen LogP contribution in [-0.4, -0.2) is 57.2 Å². The van der Waals surface area contributed by atoms with Crippen molar-refractivity contribution in [1.82, 2.24) is 0 Å². The van der Waals surface area contributed by atoms with Crippen LogP contribution < -0.4 is 4.90 Å². The number of fused-ring (bicyclic) bond motifs is 1. The molecule has 0 bridgehead atoms. The van der Waals surface area contributed by atoms with Crippen LogP contribution in [0.1, 0.15) is 37.5 Å². The lowest BCUT2D eigenvalue weighted by molar-refractivity contribution is -0.284. The van der Waals surface area contributed by atoms with Gasteiger partial charge in [-0.25, -0.2) is 0 Å². The molecule has 3 aromatic carbocycles. The first kappa shape index (κ1) is 27.6. The number of hydrogen-bond acceptors (Lipinski definition) is 6. The van der Waals surface area contributed by atoms with E-state index in [4.69, 9.17) is 23.7 Å². The number of nitrogens with zero attached hydrogens (tertiary/aromatic N) is 1. The van der Waals surface area contributed by atoms with Crippen LogP contribution in [0.2, 0.25) is 0 Å². The molecule has 2 fully saturated rings. The van der Waals surface area contributed by atoms with Gasteiger partial charge >= 0.3 is 0 Å². The molecule has 0 spiro atoms. The van der Waals surface area contributed by atoms with E-state index in [9.17, 15) is 0 Å². The molecule has 0 saturated carbocycles. The number of rotatable bonds is 9. The zero-order valence-corrected chi connectivity index (χ0v) is 23.4. The van der Waals surface area contributed by atoms with Crippen LogP contribution in [0.5, 0.6) is 0 Å². The third-order valence-corrected chi connectivity index (χ3v) is 7.39. The molecule has 2 aliphatic heterocycles. The van der Waals surface area contributed by atoms with E-state index < -0.39 is 36.0 Å². The molecule has 0 radical (unpaired) electrons. The summed E-state index contributed by atoms with van der Waals surface area (Å²) in [6, 6.07) is 29.2. The average molecular weight is 530 g/mol. The molecule has 0 amide bonds. The average Bonchev–Trinajstić information content (AvgIpc) is 3.28. The predicted molar refractivity (Wildman–Crippen MR) is 153 cm³/mol. The van der Waals surface area contributed by atoms with Crippen LogP contribution in [0.15, 0.2) is 97.6 Å². The Morgan fingerprint density at radius 1 is 0.872 bits per heavy atom. The lowest BCUT2D eigenvalue weighted by atomic mass is 9.79. The van der Waals surface area contributed by atoms with E-state index in [0.717, 1.165) is 22.4 Å². The lowest BCUT2D eigenvalue weighted by Crippen LogP contribution is -2.59. The molecule has 0 N–H and O–H groups in total. The van der Waals surface area contributed by atoms with Gasteiger partial charge in [0.25, 0.3) is 0 Å². The molecule has 0 aromatic heterocycles. The lowest BCUT2D eigenvalue weighted by Gasteiger charge is -2.46. The molecule has 2 aliphatic rings. The summed E-state index contributed by atoms with van der Waals surface area (Å²) < 4.78 is 32.7. The Morgan fingerprint density at radius 3 is 2.05 bits per heavy atom. The van der Waals surface area contributed by atoms with Gasteiger partial charge in [0.15, 0.2) is 12.1 Å². The summed E-state index contributed by atoms with van der Waals surface area (Å²) in [6.07, 6.45) is -0.572. The topological polar surface area (TPSA) is 49.4 Å². The summed E-state index contributed by atoms with van der Waals surface area (Å²) in [4.78, 5) is 2.10. The fourth-order valence-electron chi connectivity index (χ4n) is 5.63. The largest absolute Gasteiger partial charge is 0.378 e. The summed E-state index contributed by atoms with van der Waals surface area (Å²) in [5.41, 5.74) is 3.17. The molecule has 5 atom stereocenters. The second-order valence-corrected chi connectivity index (χ2v) is 10.8. The first-order valence-electron chi connectivity index (χ1n) is 13.6. The summed E-state index contributed by atoms with van der Waals surface area (Å²) in [5, 5.41) is 0. The van der Waals surface area contributed by atoms with Gasteiger partial charge in [-0.15, -0.1) is 6.58 Å². The second kappa shape index (κ2) is 11.2. The number of anilines is 1. The Labute approximate surface area is 232 Å². The first-order valence-corrected chi connectivity index (χ1v) is 13.6. The number of hydrogen-bond donors (Lipinski definition) is 0. The van der Waals surface area contributed by atoms with Gasteiger partial charge < -0.3 is 28.6 Å². The minimum atomic E-state index is -0.952. The molecule has 39 heavy (non-hydrogen) atoms. The van der Waals surface area contributed by atoms with Crippen molar-refractivity contribution in [2.45, 2.75) is 62.9 Å². The van der Waals surface area contributed by atoms with Crippen LogP contribution in [0, 0.1) is 0 Å². The Morgan fingerprint density at radius 2 is 1.46 bits per heavy atom. The van der Waals surface area contributed by atoms with Gasteiger partial charge in [-0.2, -0.15) is 0 Å². The molecular formula is C33H39NO5. The molecule has 3 aromatic rings. The van der Waals surface area contributed by atoms with Gasteiger partial charge in [0, 0.05) is 19.8 Å². The molecule has 0 aliphatic carbocycles.